The Balaban J connectivity index is 1.72. The lowest BCUT2D eigenvalue weighted by Crippen LogP contribution is -2.48. The first-order valence-corrected chi connectivity index (χ1v) is 9.26. The highest BCUT2D eigenvalue weighted by Gasteiger charge is 2.44. The Kier molecular flexibility index (Phi) is 5.28. The molecular weight excluding hydrogens is 312 g/mol. The fraction of sp³-hybridized carbons (Fsp3) is 0.812. The van der Waals surface area contributed by atoms with E-state index >= 15 is 0 Å². The first kappa shape index (κ1) is 16.8. The van der Waals surface area contributed by atoms with Gasteiger partial charge in [0.15, 0.2) is 0 Å². The Labute approximate surface area is 142 Å². The minimum Gasteiger partial charge on any atom is -0.383 e. The molecular formula is C16H26N4O2S. The second-order valence-electron chi connectivity index (χ2n) is 6.66. The lowest BCUT2D eigenvalue weighted by atomic mass is 9.87. The Morgan fingerprint density at radius 3 is 2.74 bits per heavy atom. The van der Waals surface area contributed by atoms with E-state index in [2.05, 4.69) is 19.4 Å². The van der Waals surface area contributed by atoms with Crippen LogP contribution in [0.15, 0.2) is 0 Å². The van der Waals surface area contributed by atoms with Crippen LogP contribution < -0.4 is 0 Å². The van der Waals surface area contributed by atoms with Crippen LogP contribution in [-0.4, -0.2) is 70.7 Å². The molecule has 3 heterocycles. The van der Waals surface area contributed by atoms with Crippen molar-refractivity contribution in [3.8, 4) is 0 Å². The maximum atomic E-state index is 13.0. The second kappa shape index (κ2) is 7.23. The zero-order valence-corrected chi connectivity index (χ0v) is 14.9. The molecule has 2 aliphatic rings. The van der Waals surface area contributed by atoms with Crippen LogP contribution in [0, 0.1) is 6.92 Å². The summed E-state index contributed by atoms with van der Waals surface area (Å²) < 4.78 is 9.14. The third kappa shape index (κ3) is 3.41. The number of aromatic nitrogens is 2. The van der Waals surface area contributed by atoms with Gasteiger partial charge in [-0.05, 0) is 57.1 Å². The van der Waals surface area contributed by atoms with Crippen LogP contribution in [0.1, 0.15) is 47.5 Å². The predicted octanol–water partition coefficient (Wildman–Crippen LogP) is 1.95. The summed E-state index contributed by atoms with van der Waals surface area (Å²) >= 11 is 1.23. The van der Waals surface area contributed by atoms with Crippen molar-refractivity contribution in [2.75, 3.05) is 39.9 Å². The Bertz CT molecular complexity index is 550. The van der Waals surface area contributed by atoms with Crippen LogP contribution in [0.2, 0.25) is 0 Å². The van der Waals surface area contributed by atoms with Gasteiger partial charge in [-0.3, -0.25) is 4.79 Å². The van der Waals surface area contributed by atoms with Gasteiger partial charge in [-0.15, -0.1) is 5.10 Å². The molecule has 1 aromatic rings. The Morgan fingerprint density at radius 2 is 2.04 bits per heavy atom. The van der Waals surface area contributed by atoms with Gasteiger partial charge < -0.3 is 14.5 Å². The number of rotatable bonds is 4. The summed E-state index contributed by atoms with van der Waals surface area (Å²) in [6.45, 7) is 6.66. The number of likely N-dealkylation sites (tertiary alicyclic amines) is 2. The number of aryl methyl sites for hydroxylation is 1. The molecule has 3 rings (SSSR count). The smallest absolute Gasteiger partial charge is 0.267 e. The minimum atomic E-state index is 0.0370. The zero-order valence-electron chi connectivity index (χ0n) is 14.1. The fourth-order valence-corrected chi connectivity index (χ4v) is 4.61. The highest BCUT2D eigenvalue weighted by molar-refractivity contribution is 7.07. The summed E-state index contributed by atoms with van der Waals surface area (Å²) in [4.78, 5) is 18.3. The molecule has 0 radical (unpaired) electrons. The summed E-state index contributed by atoms with van der Waals surface area (Å²) in [6.07, 6.45) is 5.55. The summed E-state index contributed by atoms with van der Waals surface area (Å²) in [6, 6.07) is 0. The maximum Gasteiger partial charge on any atom is 0.267 e. The van der Waals surface area contributed by atoms with Crippen molar-refractivity contribution < 1.29 is 9.53 Å². The van der Waals surface area contributed by atoms with E-state index in [1.807, 2.05) is 6.92 Å². The lowest BCUT2D eigenvalue weighted by Gasteiger charge is -2.38. The number of hydrogen-bond donors (Lipinski definition) is 0. The quantitative estimate of drug-likeness (QED) is 0.840. The third-order valence-corrected chi connectivity index (χ3v) is 6.12. The number of hydrogen-bond acceptors (Lipinski definition) is 6. The molecule has 2 fully saturated rings. The van der Waals surface area contributed by atoms with E-state index < -0.39 is 0 Å². The number of carbonyl (C=O) groups excluding carboxylic acids is 1. The molecule has 0 unspecified atom stereocenters. The Morgan fingerprint density at radius 1 is 1.26 bits per heavy atom. The van der Waals surface area contributed by atoms with E-state index in [0.29, 0.717) is 4.88 Å². The molecule has 0 N–H and O–H groups in total. The van der Waals surface area contributed by atoms with Crippen molar-refractivity contribution in [1.29, 1.82) is 0 Å². The Hall–Kier alpha value is -1.05. The normalized spacial score (nSPS) is 25.9. The SMILES string of the molecule is COCCN1CCC[C@]2(CCCN2C(=O)c2snnc2C)CC1. The highest BCUT2D eigenvalue weighted by atomic mass is 32.1. The molecule has 0 aromatic carbocycles. The van der Waals surface area contributed by atoms with E-state index in [0.717, 1.165) is 70.6 Å². The first-order chi connectivity index (χ1) is 11.2. The number of methoxy groups -OCH3 is 1. The topological polar surface area (TPSA) is 58.6 Å². The molecule has 2 saturated heterocycles. The molecule has 23 heavy (non-hydrogen) atoms. The maximum absolute atomic E-state index is 13.0. The molecule has 7 heteroatoms. The fourth-order valence-electron chi connectivity index (χ4n) is 4.00. The van der Waals surface area contributed by atoms with Crippen LogP contribution in [-0.2, 0) is 4.74 Å². The van der Waals surface area contributed by atoms with E-state index in [9.17, 15) is 4.79 Å². The summed E-state index contributed by atoms with van der Waals surface area (Å²) in [7, 11) is 1.75. The summed E-state index contributed by atoms with van der Waals surface area (Å²) in [5, 5.41) is 4.01. The lowest BCUT2D eigenvalue weighted by molar-refractivity contribution is 0.0559. The zero-order chi connectivity index (χ0) is 16.3. The number of amides is 1. The third-order valence-electron chi connectivity index (χ3n) is 5.31. The van der Waals surface area contributed by atoms with Gasteiger partial charge in [0, 0.05) is 32.3 Å². The van der Waals surface area contributed by atoms with E-state index in [1.165, 1.54) is 11.5 Å². The molecule has 6 nitrogen and oxygen atoms in total. The van der Waals surface area contributed by atoms with Crippen LogP contribution >= 0.6 is 11.5 Å². The number of ether oxygens (including phenoxy) is 1. The van der Waals surface area contributed by atoms with Gasteiger partial charge in [0.25, 0.3) is 5.91 Å². The summed E-state index contributed by atoms with van der Waals surface area (Å²) in [5.74, 6) is 0.139. The van der Waals surface area contributed by atoms with Gasteiger partial charge in [-0.1, -0.05) is 4.49 Å². The average molecular weight is 338 g/mol. The van der Waals surface area contributed by atoms with Crippen molar-refractivity contribution in [1.82, 2.24) is 19.4 Å². The van der Waals surface area contributed by atoms with Crippen LogP contribution in [0.25, 0.3) is 0 Å². The minimum absolute atomic E-state index is 0.0370. The van der Waals surface area contributed by atoms with E-state index in [1.54, 1.807) is 7.11 Å². The molecule has 1 amide bonds. The first-order valence-electron chi connectivity index (χ1n) is 8.48. The van der Waals surface area contributed by atoms with Crippen molar-refractivity contribution in [2.45, 2.75) is 44.6 Å². The average Bonchev–Trinajstić information content (AvgIpc) is 3.09. The van der Waals surface area contributed by atoms with Gasteiger partial charge >= 0.3 is 0 Å². The van der Waals surface area contributed by atoms with Crippen LogP contribution in [0.3, 0.4) is 0 Å². The van der Waals surface area contributed by atoms with Crippen LogP contribution in [0.4, 0.5) is 0 Å². The van der Waals surface area contributed by atoms with Gasteiger partial charge in [-0.25, -0.2) is 0 Å². The second-order valence-corrected chi connectivity index (χ2v) is 7.41. The van der Waals surface area contributed by atoms with Crippen molar-refractivity contribution in [2.24, 2.45) is 0 Å². The molecule has 2 aliphatic heterocycles. The standard InChI is InChI=1S/C16H26N4O2S/c1-13-14(23-18-17-13)15(21)20-9-4-6-16(20)5-3-8-19(10-7-16)11-12-22-2/h3-12H2,1-2H3/t16-/m0/s1. The largest absolute Gasteiger partial charge is 0.383 e. The predicted molar refractivity (Wildman–Crippen MR) is 89.8 cm³/mol. The van der Waals surface area contributed by atoms with Crippen molar-refractivity contribution >= 4 is 17.4 Å². The van der Waals surface area contributed by atoms with Crippen LogP contribution in [0.5, 0.6) is 0 Å². The number of nitrogens with zero attached hydrogens (tertiary/aromatic N) is 4. The van der Waals surface area contributed by atoms with Crippen molar-refractivity contribution in [3.63, 3.8) is 0 Å². The van der Waals surface area contributed by atoms with Gasteiger partial charge in [0.05, 0.1) is 12.3 Å². The summed E-state index contributed by atoms with van der Waals surface area (Å²) in [5.41, 5.74) is 0.799. The van der Waals surface area contributed by atoms with Crippen molar-refractivity contribution in [3.05, 3.63) is 10.6 Å². The van der Waals surface area contributed by atoms with Gasteiger partial charge in [-0.2, -0.15) is 0 Å². The molecule has 1 atom stereocenters. The molecule has 0 bridgehead atoms. The number of carbonyl (C=O) groups is 1. The molecule has 128 valence electrons. The molecule has 0 saturated carbocycles. The molecule has 1 spiro atoms. The molecule has 1 aromatic heterocycles. The molecule has 0 aliphatic carbocycles. The van der Waals surface area contributed by atoms with Gasteiger partial charge in [0.2, 0.25) is 0 Å². The van der Waals surface area contributed by atoms with E-state index in [4.69, 9.17) is 4.74 Å². The highest BCUT2D eigenvalue weighted by Crippen LogP contribution is 2.39. The van der Waals surface area contributed by atoms with E-state index in [-0.39, 0.29) is 11.4 Å². The van der Waals surface area contributed by atoms with Gasteiger partial charge in [0.1, 0.15) is 4.88 Å². The monoisotopic (exact) mass is 338 g/mol.